The Bertz CT molecular complexity index is 419. The van der Waals surface area contributed by atoms with Gasteiger partial charge in [0.25, 0.3) is 0 Å². The van der Waals surface area contributed by atoms with Crippen molar-refractivity contribution in [1.29, 1.82) is 0 Å². The Labute approximate surface area is 117 Å². The summed E-state index contributed by atoms with van der Waals surface area (Å²) in [6.45, 7) is 4.77. The van der Waals surface area contributed by atoms with Gasteiger partial charge in [-0.15, -0.1) is 0 Å². The summed E-state index contributed by atoms with van der Waals surface area (Å²) >= 11 is 0. The van der Waals surface area contributed by atoms with Gasteiger partial charge in [-0.3, -0.25) is 0 Å². The van der Waals surface area contributed by atoms with E-state index in [-0.39, 0.29) is 0 Å². The Kier molecular flexibility index (Phi) is 3.93. The van der Waals surface area contributed by atoms with Gasteiger partial charge in [0.2, 0.25) is 0 Å². The lowest BCUT2D eigenvalue weighted by Crippen LogP contribution is -2.37. The van der Waals surface area contributed by atoms with Crippen LogP contribution >= 0.6 is 0 Å². The average molecular weight is 257 g/mol. The first kappa shape index (κ1) is 13.2. The molecule has 0 aliphatic heterocycles. The van der Waals surface area contributed by atoms with E-state index < -0.39 is 0 Å². The molecule has 1 aromatic carbocycles. The minimum atomic E-state index is 0.586. The van der Waals surface area contributed by atoms with Crippen LogP contribution in [0.3, 0.4) is 0 Å². The molecule has 1 fully saturated rings. The van der Waals surface area contributed by atoms with Gasteiger partial charge in [-0.1, -0.05) is 44.0 Å². The van der Waals surface area contributed by atoms with Crippen molar-refractivity contribution < 1.29 is 0 Å². The molecule has 0 saturated heterocycles. The summed E-state index contributed by atoms with van der Waals surface area (Å²) in [7, 11) is 0. The summed E-state index contributed by atoms with van der Waals surface area (Å²) in [6, 6.07) is 10.3. The molecule has 1 aromatic rings. The SMILES string of the molecule is CC1CCC(NC(C)C2CCCC2)c2ccccc21. The van der Waals surface area contributed by atoms with Crippen LogP contribution < -0.4 is 5.32 Å². The third-order valence-corrected chi connectivity index (χ3v) is 5.36. The van der Waals surface area contributed by atoms with Crippen molar-refractivity contribution in [3.63, 3.8) is 0 Å². The summed E-state index contributed by atoms with van der Waals surface area (Å²) in [4.78, 5) is 0. The van der Waals surface area contributed by atoms with Crippen molar-refractivity contribution in [2.24, 2.45) is 5.92 Å². The lowest BCUT2D eigenvalue weighted by atomic mass is 9.80. The quantitative estimate of drug-likeness (QED) is 0.820. The van der Waals surface area contributed by atoms with Crippen molar-refractivity contribution in [3.05, 3.63) is 35.4 Å². The molecule has 2 aliphatic rings. The number of fused-ring (bicyclic) bond motifs is 1. The normalized spacial score (nSPS) is 29.2. The highest BCUT2D eigenvalue weighted by Gasteiger charge is 2.28. The minimum Gasteiger partial charge on any atom is -0.307 e. The zero-order valence-electron chi connectivity index (χ0n) is 12.4. The van der Waals surface area contributed by atoms with E-state index in [9.17, 15) is 0 Å². The molecular weight excluding hydrogens is 230 g/mol. The first-order chi connectivity index (χ1) is 9.25. The molecule has 0 bridgehead atoms. The van der Waals surface area contributed by atoms with Gasteiger partial charge in [-0.05, 0) is 55.6 Å². The fourth-order valence-corrected chi connectivity index (χ4v) is 4.09. The van der Waals surface area contributed by atoms with Gasteiger partial charge in [-0.25, -0.2) is 0 Å². The molecule has 1 nitrogen and oxygen atoms in total. The van der Waals surface area contributed by atoms with E-state index in [1.54, 1.807) is 11.1 Å². The highest BCUT2D eigenvalue weighted by Crippen LogP contribution is 2.38. The summed E-state index contributed by atoms with van der Waals surface area (Å²) in [5, 5.41) is 3.94. The molecule has 0 heterocycles. The predicted octanol–water partition coefficient (Wildman–Crippen LogP) is 4.79. The molecular formula is C18H27N. The van der Waals surface area contributed by atoms with Crippen LogP contribution in [0.15, 0.2) is 24.3 Å². The fourth-order valence-electron chi connectivity index (χ4n) is 4.09. The van der Waals surface area contributed by atoms with E-state index in [1.807, 2.05) is 0 Å². The van der Waals surface area contributed by atoms with Crippen LogP contribution in [0.2, 0.25) is 0 Å². The van der Waals surface area contributed by atoms with Crippen molar-refractivity contribution >= 4 is 0 Å². The molecule has 2 aliphatic carbocycles. The molecule has 104 valence electrons. The average Bonchev–Trinajstić information content (AvgIpc) is 2.96. The van der Waals surface area contributed by atoms with Gasteiger partial charge >= 0.3 is 0 Å². The Balaban J connectivity index is 1.73. The molecule has 1 saturated carbocycles. The molecule has 0 radical (unpaired) electrons. The molecule has 3 rings (SSSR count). The van der Waals surface area contributed by atoms with Crippen molar-refractivity contribution in [2.45, 2.75) is 70.4 Å². The van der Waals surface area contributed by atoms with Gasteiger partial charge in [0.05, 0.1) is 0 Å². The van der Waals surface area contributed by atoms with Gasteiger partial charge in [0.1, 0.15) is 0 Å². The summed E-state index contributed by atoms with van der Waals surface area (Å²) < 4.78 is 0. The Morgan fingerprint density at radius 2 is 1.68 bits per heavy atom. The summed E-state index contributed by atoms with van der Waals surface area (Å²) in [5.74, 6) is 1.64. The Morgan fingerprint density at radius 1 is 1.00 bits per heavy atom. The molecule has 3 atom stereocenters. The molecule has 0 amide bonds. The number of hydrogen-bond donors (Lipinski definition) is 1. The zero-order valence-corrected chi connectivity index (χ0v) is 12.4. The van der Waals surface area contributed by atoms with Crippen molar-refractivity contribution in [1.82, 2.24) is 5.32 Å². The second-order valence-electron chi connectivity index (χ2n) is 6.66. The molecule has 3 unspecified atom stereocenters. The zero-order chi connectivity index (χ0) is 13.2. The fraction of sp³-hybridized carbons (Fsp3) is 0.667. The van der Waals surface area contributed by atoms with Crippen LogP contribution in [-0.4, -0.2) is 6.04 Å². The maximum absolute atomic E-state index is 3.94. The lowest BCUT2D eigenvalue weighted by molar-refractivity contribution is 0.318. The maximum Gasteiger partial charge on any atom is 0.0325 e. The second kappa shape index (κ2) is 5.66. The molecule has 0 spiro atoms. The van der Waals surface area contributed by atoms with E-state index in [4.69, 9.17) is 0 Å². The Hall–Kier alpha value is -0.820. The summed E-state index contributed by atoms with van der Waals surface area (Å²) in [5.41, 5.74) is 3.14. The third kappa shape index (κ3) is 2.72. The van der Waals surface area contributed by atoms with E-state index in [1.165, 1.54) is 38.5 Å². The largest absolute Gasteiger partial charge is 0.307 e. The highest BCUT2D eigenvalue weighted by atomic mass is 15.0. The van der Waals surface area contributed by atoms with Crippen molar-refractivity contribution in [3.8, 4) is 0 Å². The molecule has 19 heavy (non-hydrogen) atoms. The van der Waals surface area contributed by atoms with Gasteiger partial charge < -0.3 is 5.32 Å². The number of nitrogens with one attached hydrogen (secondary N) is 1. The minimum absolute atomic E-state index is 0.586. The van der Waals surface area contributed by atoms with Crippen LogP contribution in [-0.2, 0) is 0 Å². The number of benzene rings is 1. The van der Waals surface area contributed by atoms with E-state index in [0.717, 1.165) is 11.8 Å². The molecule has 1 N–H and O–H groups in total. The van der Waals surface area contributed by atoms with Crippen LogP contribution in [0.5, 0.6) is 0 Å². The topological polar surface area (TPSA) is 12.0 Å². The Morgan fingerprint density at radius 3 is 2.42 bits per heavy atom. The number of rotatable bonds is 3. The molecule has 0 aromatic heterocycles. The monoisotopic (exact) mass is 257 g/mol. The lowest BCUT2D eigenvalue weighted by Gasteiger charge is -2.34. The second-order valence-corrected chi connectivity index (χ2v) is 6.66. The maximum atomic E-state index is 3.94. The summed E-state index contributed by atoms with van der Waals surface area (Å²) in [6.07, 6.45) is 8.36. The van der Waals surface area contributed by atoms with Crippen LogP contribution in [0.4, 0.5) is 0 Å². The predicted molar refractivity (Wildman–Crippen MR) is 81.4 cm³/mol. The smallest absolute Gasteiger partial charge is 0.0325 e. The van der Waals surface area contributed by atoms with Gasteiger partial charge in [0.15, 0.2) is 0 Å². The van der Waals surface area contributed by atoms with Crippen molar-refractivity contribution in [2.75, 3.05) is 0 Å². The molecule has 1 heteroatoms. The first-order valence-corrected chi connectivity index (χ1v) is 8.10. The first-order valence-electron chi connectivity index (χ1n) is 8.10. The van der Waals surface area contributed by atoms with Crippen LogP contribution in [0.25, 0.3) is 0 Å². The number of hydrogen-bond acceptors (Lipinski definition) is 1. The third-order valence-electron chi connectivity index (χ3n) is 5.36. The van der Waals surface area contributed by atoms with Crippen LogP contribution in [0, 0.1) is 5.92 Å². The van der Waals surface area contributed by atoms with E-state index in [2.05, 4.69) is 43.4 Å². The standard InChI is InChI=1S/C18H27N/c1-13-11-12-18(17-10-6-5-9-16(13)17)19-14(2)15-7-3-4-8-15/h5-6,9-10,13-15,18-19H,3-4,7-8,11-12H2,1-2H3. The van der Waals surface area contributed by atoms with E-state index >= 15 is 0 Å². The van der Waals surface area contributed by atoms with Gasteiger partial charge in [-0.2, -0.15) is 0 Å². The highest BCUT2D eigenvalue weighted by molar-refractivity contribution is 5.35. The van der Waals surface area contributed by atoms with Crippen LogP contribution in [0.1, 0.15) is 75.5 Å². The van der Waals surface area contributed by atoms with Gasteiger partial charge in [0, 0.05) is 12.1 Å². The van der Waals surface area contributed by atoms with E-state index in [0.29, 0.717) is 12.1 Å².